The number of ether oxygens (including phenoxy) is 4. The molecule has 0 fully saturated rings. The minimum absolute atomic E-state index is 0.00510. The summed E-state index contributed by atoms with van der Waals surface area (Å²) in [6.07, 6.45) is 83.5. The summed E-state index contributed by atoms with van der Waals surface area (Å²) in [5.74, 6) is 13.8. The van der Waals surface area contributed by atoms with E-state index in [1.165, 1.54) is 289 Å². The van der Waals surface area contributed by atoms with Gasteiger partial charge in [-0.15, -0.1) is 23.7 Å². The van der Waals surface area contributed by atoms with Gasteiger partial charge in [0.1, 0.15) is 0 Å². The van der Waals surface area contributed by atoms with Crippen molar-refractivity contribution in [3.05, 3.63) is 36.5 Å². The van der Waals surface area contributed by atoms with Crippen LogP contribution in [-0.2, 0) is 18.9 Å². The Hall–Kier alpha value is -1.82. The molecule has 0 saturated heterocycles. The fourth-order valence-electron chi connectivity index (χ4n) is 11.6. The number of unbranched alkanes of at least 4 members (excludes halogenated alkanes) is 31. The second-order valence-corrected chi connectivity index (χ2v) is 36.8. The average Bonchev–Trinajstić information content (AvgIpc) is 1.04. The van der Waals surface area contributed by atoms with E-state index >= 15 is 0 Å². The first-order chi connectivity index (χ1) is 49.1. The average molecular weight is 1450 g/mol. The van der Waals surface area contributed by atoms with Crippen LogP contribution >= 0.6 is 0 Å². The van der Waals surface area contributed by atoms with Crippen molar-refractivity contribution in [3.63, 3.8) is 0 Å². The van der Waals surface area contributed by atoms with Crippen LogP contribution in [0.5, 0.6) is 0 Å². The highest BCUT2D eigenvalue weighted by Crippen LogP contribution is 2.30. The Balaban J connectivity index is -0.000000394. The van der Waals surface area contributed by atoms with Crippen molar-refractivity contribution < 1.29 is 18.9 Å². The molecule has 0 N–H and O–H groups in total. The summed E-state index contributed by atoms with van der Waals surface area (Å²) in [7, 11) is 0. The van der Waals surface area contributed by atoms with Gasteiger partial charge in [-0.2, -0.15) is 0 Å². The van der Waals surface area contributed by atoms with E-state index in [0.717, 1.165) is 76.9 Å². The van der Waals surface area contributed by atoms with Crippen LogP contribution in [0.25, 0.3) is 0 Å². The van der Waals surface area contributed by atoms with Gasteiger partial charge in [0.15, 0.2) is 12.6 Å². The van der Waals surface area contributed by atoms with Gasteiger partial charge in [-0.3, -0.25) is 0 Å². The fraction of sp³-hybridized carbons (Fsp3) is 0.899. The first-order valence-corrected chi connectivity index (χ1v) is 45.4. The number of allylic oxidation sites excluding steroid dienone is 6. The molecule has 0 saturated carbocycles. The lowest BCUT2D eigenvalue weighted by Crippen LogP contribution is -2.21. The third kappa shape index (κ3) is 114. The van der Waals surface area contributed by atoms with Crippen molar-refractivity contribution in [2.45, 2.75) is 519 Å². The monoisotopic (exact) mass is 1450 g/mol. The molecule has 0 rings (SSSR count). The van der Waals surface area contributed by atoms with Gasteiger partial charge < -0.3 is 18.9 Å². The molecule has 0 aliphatic heterocycles. The molecule has 0 radical (unpaired) electrons. The molecular formula is C99H194O4. The molecule has 0 atom stereocenters. The van der Waals surface area contributed by atoms with Crippen LogP contribution in [0.4, 0.5) is 0 Å². The quantitative estimate of drug-likeness (QED) is 0.0263. The molecule has 0 aromatic rings. The van der Waals surface area contributed by atoms with Gasteiger partial charge in [0.25, 0.3) is 0 Å². The van der Waals surface area contributed by atoms with Crippen LogP contribution in [0.3, 0.4) is 0 Å². The predicted molar refractivity (Wildman–Crippen MR) is 470 cm³/mol. The van der Waals surface area contributed by atoms with Gasteiger partial charge in [0.2, 0.25) is 0 Å². The zero-order chi connectivity index (χ0) is 78.1. The largest absolute Gasteiger partial charge is 0.353 e. The smallest absolute Gasteiger partial charge is 0.157 e. The lowest BCUT2D eigenvalue weighted by Gasteiger charge is -2.24. The number of rotatable bonds is 61. The maximum atomic E-state index is 6.07. The second-order valence-electron chi connectivity index (χ2n) is 36.8. The SMILES string of the molecule is CCCCC#CCCOC(CCC(C)(C)C)OCCC#CCCCC.CCCCC/C=C\C/C=C\CCCCCCCC(C)(C)C.CCCCC/C=C\CCC(C)(C)C.CCCCCCC(CCCCCC)CCC(C)(C)C.CCCCCCCCOC(CCC(C)(C)C)OCCCCCCCC. The standard InChI is InChI=1S/C23H48O2.C23H40O2.C21H40.C19H40.C13H26/c2*1-6-8-10-12-14-16-20-24-22(18-19-23(3,4)5)25-21-17-15-13-11-9-7-2;1-5-6-7-8-9-10-11-12-13-14-15-16-17-18-19-20-21(2,3)4;1-6-8-10-12-14-18(15-13-11-9-7-2)16-17-19(3,4)5;1-5-6-7-8-9-10-11-12-13(2,3)4/h22H,6-21H2,1-5H3;22H,6-11,16-21H2,1-5H3;9-10,12-13H,5-8,11,14-20H2,1-4H3;18H,6-17H2,1-5H3;9-10H,5-8,11-12H2,1-4H3/b;;10-9-,13-12-;;10-9-. The molecule has 103 heavy (non-hydrogen) atoms. The summed E-state index contributed by atoms with van der Waals surface area (Å²) < 4.78 is 24.0. The lowest BCUT2D eigenvalue weighted by molar-refractivity contribution is -0.150. The van der Waals surface area contributed by atoms with Crippen molar-refractivity contribution in [2.24, 2.45) is 33.0 Å². The summed E-state index contributed by atoms with van der Waals surface area (Å²) in [5, 5.41) is 0. The molecule has 0 unspecified atom stereocenters. The first-order valence-electron chi connectivity index (χ1n) is 45.4. The second kappa shape index (κ2) is 82.7. The summed E-state index contributed by atoms with van der Waals surface area (Å²) in [6.45, 7) is 55.8. The molecule has 0 aromatic carbocycles. The van der Waals surface area contributed by atoms with Crippen LogP contribution in [0, 0.1) is 56.7 Å². The van der Waals surface area contributed by atoms with Crippen molar-refractivity contribution in [1.29, 1.82) is 0 Å². The zero-order valence-electron chi connectivity index (χ0n) is 75.3. The predicted octanol–water partition coefficient (Wildman–Crippen LogP) is 34.4. The number of hydrogen-bond donors (Lipinski definition) is 0. The highest BCUT2D eigenvalue weighted by molar-refractivity contribution is 4.99. The highest BCUT2D eigenvalue weighted by atomic mass is 16.7. The molecule has 0 spiro atoms. The van der Waals surface area contributed by atoms with Gasteiger partial charge in [0.05, 0.1) is 13.2 Å². The Morgan fingerprint density at radius 1 is 0.223 bits per heavy atom. The molecule has 0 amide bonds. The molecule has 0 aliphatic rings. The highest BCUT2D eigenvalue weighted by Gasteiger charge is 2.19. The normalized spacial score (nSPS) is 12.1. The van der Waals surface area contributed by atoms with Gasteiger partial charge >= 0.3 is 0 Å². The van der Waals surface area contributed by atoms with Gasteiger partial charge in [-0.1, -0.05) is 388 Å². The Morgan fingerprint density at radius 2 is 0.495 bits per heavy atom. The van der Waals surface area contributed by atoms with E-state index in [0.29, 0.717) is 40.3 Å². The summed E-state index contributed by atoms with van der Waals surface area (Å²) in [6, 6.07) is 0. The van der Waals surface area contributed by atoms with E-state index in [4.69, 9.17) is 18.9 Å². The Bertz CT molecular complexity index is 1770. The van der Waals surface area contributed by atoms with Crippen LogP contribution in [0.1, 0.15) is 506 Å². The molecule has 0 aromatic heterocycles. The third-order valence-corrected chi connectivity index (χ3v) is 18.8. The summed E-state index contributed by atoms with van der Waals surface area (Å²) in [4.78, 5) is 0. The molecule has 0 aliphatic carbocycles. The first kappa shape index (κ1) is 110. The molecule has 614 valence electrons. The Kier molecular flexibility index (Phi) is 88.1. The molecule has 4 nitrogen and oxygen atoms in total. The zero-order valence-corrected chi connectivity index (χ0v) is 75.3. The van der Waals surface area contributed by atoms with Crippen LogP contribution in [-0.4, -0.2) is 39.0 Å². The van der Waals surface area contributed by atoms with Crippen LogP contribution < -0.4 is 0 Å². The molecular weight excluding hydrogens is 1250 g/mol. The van der Waals surface area contributed by atoms with Gasteiger partial charge in [-0.05, 0) is 161 Å². The van der Waals surface area contributed by atoms with Crippen molar-refractivity contribution in [2.75, 3.05) is 26.4 Å². The van der Waals surface area contributed by atoms with E-state index in [2.05, 4.69) is 219 Å². The van der Waals surface area contributed by atoms with E-state index in [-0.39, 0.29) is 12.6 Å². The topological polar surface area (TPSA) is 36.9 Å². The minimum Gasteiger partial charge on any atom is -0.353 e. The lowest BCUT2D eigenvalue weighted by atomic mass is 9.83. The van der Waals surface area contributed by atoms with Crippen LogP contribution in [0.2, 0.25) is 0 Å². The van der Waals surface area contributed by atoms with E-state index in [9.17, 15) is 0 Å². The maximum Gasteiger partial charge on any atom is 0.157 e. The van der Waals surface area contributed by atoms with Crippen molar-refractivity contribution in [1.82, 2.24) is 0 Å². The maximum absolute atomic E-state index is 6.07. The third-order valence-electron chi connectivity index (χ3n) is 18.8. The van der Waals surface area contributed by atoms with Crippen molar-refractivity contribution >= 4 is 0 Å². The Labute approximate surface area is 653 Å². The van der Waals surface area contributed by atoms with Crippen LogP contribution in [0.15, 0.2) is 36.5 Å². The van der Waals surface area contributed by atoms with E-state index in [1.807, 2.05) is 0 Å². The minimum atomic E-state index is -0.130. The molecule has 4 heteroatoms. The molecule has 0 bridgehead atoms. The van der Waals surface area contributed by atoms with Gasteiger partial charge in [0, 0.05) is 38.9 Å². The summed E-state index contributed by atoms with van der Waals surface area (Å²) in [5.41, 5.74) is 2.18. The van der Waals surface area contributed by atoms with Crippen molar-refractivity contribution in [3.8, 4) is 23.7 Å². The number of hydrogen-bond acceptors (Lipinski definition) is 4. The molecule has 0 heterocycles. The van der Waals surface area contributed by atoms with E-state index < -0.39 is 0 Å². The fourth-order valence-corrected chi connectivity index (χ4v) is 11.6. The van der Waals surface area contributed by atoms with E-state index in [1.54, 1.807) is 0 Å². The Morgan fingerprint density at radius 3 is 0.864 bits per heavy atom. The summed E-state index contributed by atoms with van der Waals surface area (Å²) >= 11 is 0. The van der Waals surface area contributed by atoms with Gasteiger partial charge in [-0.25, -0.2) is 0 Å².